The maximum Gasteiger partial charge on any atom is -0.0326 e. The van der Waals surface area contributed by atoms with Crippen LogP contribution in [-0.4, -0.2) is 0 Å². The Kier molecular flexibility index (Phi) is 28.1. The van der Waals surface area contributed by atoms with Gasteiger partial charge in [0.1, 0.15) is 0 Å². The lowest BCUT2D eigenvalue weighted by atomic mass is 9.71. The molecule has 3 saturated carbocycles. The fourth-order valence-corrected chi connectivity index (χ4v) is 5.36. The molecule has 0 heteroatoms. The third-order valence-electron chi connectivity index (χ3n) is 7.18. The molecule has 0 aliphatic heterocycles. The summed E-state index contributed by atoms with van der Waals surface area (Å²) in [6, 6.07) is 0. The number of fused-ring (bicyclic) bond motifs is 1. The van der Waals surface area contributed by atoms with E-state index in [1.165, 1.54) is 102 Å². The minimum absolute atomic E-state index is 1.03. The Morgan fingerprint density at radius 3 is 1.53 bits per heavy atom. The highest BCUT2D eigenvalue weighted by molar-refractivity contribution is 4.86. The largest absolute Gasteiger partial charge is 0.103 e. The van der Waals surface area contributed by atoms with Crippen molar-refractivity contribution >= 4 is 0 Å². The lowest BCUT2D eigenvalue weighted by Gasteiger charge is -2.35. The van der Waals surface area contributed by atoms with Crippen LogP contribution in [0.2, 0.25) is 0 Å². The highest BCUT2D eigenvalue weighted by Crippen LogP contribution is 2.40. The average Bonchev–Trinajstić information content (AvgIpc) is 2.87. The van der Waals surface area contributed by atoms with E-state index in [-0.39, 0.29) is 0 Å². The van der Waals surface area contributed by atoms with Gasteiger partial charge >= 0.3 is 0 Å². The van der Waals surface area contributed by atoms with Crippen molar-refractivity contribution in [3.05, 3.63) is 24.8 Å². The van der Waals surface area contributed by atoms with E-state index in [9.17, 15) is 0 Å². The van der Waals surface area contributed by atoms with Gasteiger partial charge in [-0.2, -0.15) is 0 Å². The predicted octanol–water partition coefficient (Wildman–Crippen LogP) is 12.1. The summed E-state index contributed by atoms with van der Waals surface area (Å²) in [5.74, 6) is 3.34. The van der Waals surface area contributed by atoms with Crippen molar-refractivity contribution in [2.24, 2.45) is 17.8 Å². The maximum absolute atomic E-state index is 3.83. The van der Waals surface area contributed by atoms with E-state index < -0.39 is 0 Å². The van der Waals surface area contributed by atoms with Gasteiger partial charge < -0.3 is 0 Å². The molecule has 3 aliphatic carbocycles. The summed E-state index contributed by atoms with van der Waals surface area (Å²) < 4.78 is 0. The molecule has 0 nitrogen and oxygen atoms in total. The smallest absolute Gasteiger partial charge is 0.0326 e. The lowest BCUT2D eigenvalue weighted by molar-refractivity contribution is 0.171. The first kappa shape index (κ1) is 33.7. The Hall–Kier alpha value is -0.520. The van der Waals surface area contributed by atoms with Gasteiger partial charge in [0.25, 0.3) is 0 Å². The van der Waals surface area contributed by atoms with E-state index in [2.05, 4.69) is 33.1 Å². The van der Waals surface area contributed by atoms with E-state index in [1.54, 1.807) is 25.7 Å². The van der Waals surface area contributed by atoms with Crippen molar-refractivity contribution in [2.45, 2.75) is 164 Å². The number of allylic oxidation sites excluding steroid dienone is 2. The lowest BCUT2D eigenvalue weighted by Crippen LogP contribution is -2.22. The standard InChI is InChI=1S/2C10H18.C8H16.2C2H6/c1-2-6-10-8-4-3-7-9(10)5-1;1-2-3-7-10-8-5-4-6-9-10;1-4-5-6-7-8(2)3;2*1-2/h9-10H,1-8H2;2,10H,1,3-9H2;2,4-7H2,1,3H3;2*1-2H3. The number of hydrogen-bond donors (Lipinski definition) is 0. The monoisotopic (exact) mass is 449 g/mol. The molecule has 0 radical (unpaired) electrons. The average molecular weight is 449 g/mol. The van der Waals surface area contributed by atoms with Gasteiger partial charge in [-0.3, -0.25) is 0 Å². The predicted molar refractivity (Wildman–Crippen MR) is 152 cm³/mol. The van der Waals surface area contributed by atoms with Gasteiger partial charge in [0.05, 0.1) is 0 Å². The summed E-state index contributed by atoms with van der Waals surface area (Å²) in [6.07, 6.45) is 29.6. The molecule has 3 aliphatic rings. The van der Waals surface area contributed by atoms with E-state index in [4.69, 9.17) is 0 Å². The molecular formula is C32H64. The van der Waals surface area contributed by atoms with Gasteiger partial charge in [0, 0.05) is 0 Å². The molecule has 192 valence electrons. The summed E-state index contributed by atoms with van der Waals surface area (Å²) in [4.78, 5) is 0. The van der Waals surface area contributed by atoms with Crippen LogP contribution < -0.4 is 0 Å². The third kappa shape index (κ3) is 20.1. The van der Waals surface area contributed by atoms with Crippen LogP contribution in [0.1, 0.15) is 164 Å². The zero-order valence-corrected chi connectivity index (χ0v) is 23.7. The van der Waals surface area contributed by atoms with Crippen LogP contribution in [0.5, 0.6) is 0 Å². The number of hydrogen-bond acceptors (Lipinski definition) is 0. The Morgan fingerprint density at radius 2 is 1.16 bits per heavy atom. The molecule has 0 aromatic carbocycles. The summed E-state index contributed by atoms with van der Waals surface area (Å²) in [7, 11) is 0. The Balaban J connectivity index is 0. The maximum atomic E-state index is 3.83. The molecule has 3 rings (SSSR count). The van der Waals surface area contributed by atoms with E-state index in [0.29, 0.717) is 0 Å². The minimum Gasteiger partial charge on any atom is -0.103 e. The highest BCUT2D eigenvalue weighted by Gasteiger charge is 2.26. The van der Waals surface area contributed by atoms with E-state index in [0.717, 1.165) is 17.8 Å². The van der Waals surface area contributed by atoms with E-state index in [1.807, 2.05) is 27.7 Å². The fraction of sp³-hybridized carbons (Fsp3) is 0.875. The van der Waals surface area contributed by atoms with Crippen LogP contribution >= 0.6 is 0 Å². The van der Waals surface area contributed by atoms with Crippen molar-refractivity contribution < 1.29 is 0 Å². The zero-order valence-electron chi connectivity index (χ0n) is 23.7. The Bertz CT molecular complexity index is 347. The second-order valence-electron chi connectivity index (χ2n) is 9.87. The number of unbranched alkanes of at least 4 members (excludes halogenated alkanes) is 2. The molecule has 0 bridgehead atoms. The molecule has 0 spiro atoms. The molecule has 0 aromatic heterocycles. The second kappa shape index (κ2) is 26.7. The second-order valence-corrected chi connectivity index (χ2v) is 9.87. The van der Waals surface area contributed by atoms with Gasteiger partial charge in [-0.25, -0.2) is 0 Å². The summed E-state index contributed by atoms with van der Waals surface area (Å²) in [5.41, 5.74) is 1.32. The normalized spacial score (nSPS) is 21.9. The Morgan fingerprint density at radius 1 is 0.719 bits per heavy atom. The van der Waals surface area contributed by atoms with Gasteiger partial charge in [-0.1, -0.05) is 143 Å². The Labute approximate surface area is 206 Å². The van der Waals surface area contributed by atoms with Crippen molar-refractivity contribution in [3.8, 4) is 0 Å². The topological polar surface area (TPSA) is 0 Å². The molecule has 32 heavy (non-hydrogen) atoms. The van der Waals surface area contributed by atoms with E-state index >= 15 is 0 Å². The van der Waals surface area contributed by atoms with Crippen LogP contribution in [0.25, 0.3) is 0 Å². The molecule has 0 aromatic rings. The van der Waals surface area contributed by atoms with Gasteiger partial charge in [0.15, 0.2) is 0 Å². The molecular weight excluding hydrogens is 384 g/mol. The molecule has 0 saturated heterocycles. The van der Waals surface area contributed by atoms with Crippen molar-refractivity contribution in [2.75, 3.05) is 0 Å². The van der Waals surface area contributed by atoms with Gasteiger partial charge in [-0.15, -0.1) is 13.2 Å². The molecule has 3 fully saturated rings. The summed E-state index contributed by atoms with van der Waals surface area (Å²) >= 11 is 0. The molecule has 0 atom stereocenters. The molecule has 0 heterocycles. The first-order valence-electron chi connectivity index (χ1n) is 14.9. The highest BCUT2D eigenvalue weighted by atomic mass is 14.3. The molecule has 0 amide bonds. The van der Waals surface area contributed by atoms with Crippen LogP contribution in [0.3, 0.4) is 0 Å². The minimum atomic E-state index is 1.03. The van der Waals surface area contributed by atoms with Crippen molar-refractivity contribution in [3.63, 3.8) is 0 Å². The third-order valence-corrected chi connectivity index (χ3v) is 7.18. The SMILES string of the molecule is C1CCC2CCCCC2C1.C=C(C)CCCCC.C=CCCC1CCCCC1.CC.CC. The fourth-order valence-electron chi connectivity index (χ4n) is 5.36. The first-order chi connectivity index (χ1) is 15.7. The molecule has 0 N–H and O–H groups in total. The van der Waals surface area contributed by atoms with Crippen LogP contribution in [0.4, 0.5) is 0 Å². The first-order valence-corrected chi connectivity index (χ1v) is 14.9. The van der Waals surface area contributed by atoms with Crippen molar-refractivity contribution in [1.82, 2.24) is 0 Å². The van der Waals surface area contributed by atoms with Crippen LogP contribution in [0.15, 0.2) is 24.8 Å². The zero-order chi connectivity index (χ0) is 24.5. The van der Waals surface area contributed by atoms with Gasteiger partial charge in [-0.05, 0) is 50.4 Å². The summed E-state index contributed by atoms with van der Waals surface area (Å²) in [5, 5.41) is 0. The van der Waals surface area contributed by atoms with Crippen molar-refractivity contribution in [1.29, 1.82) is 0 Å². The quantitative estimate of drug-likeness (QED) is 0.268. The van der Waals surface area contributed by atoms with Gasteiger partial charge in [0.2, 0.25) is 0 Å². The number of rotatable bonds is 7. The summed E-state index contributed by atoms with van der Waals surface area (Å²) in [6.45, 7) is 19.9. The van der Waals surface area contributed by atoms with Crippen LogP contribution in [0, 0.1) is 17.8 Å². The molecule has 0 unspecified atom stereocenters. The van der Waals surface area contributed by atoms with Crippen LogP contribution in [-0.2, 0) is 0 Å².